The van der Waals surface area contributed by atoms with Crippen LogP contribution in [-0.4, -0.2) is 19.9 Å². The van der Waals surface area contributed by atoms with Crippen molar-refractivity contribution in [2.24, 2.45) is 11.7 Å². The minimum Gasteiger partial charge on any atom is -0.324 e. The number of rotatable bonds is 2. The molecular formula is C9H13NO2S2. The van der Waals surface area contributed by atoms with Crippen molar-refractivity contribution in [3.63, 3.8) is 0 Å². The molecule has 1 aromatic heterocycles. The molecule has 0 saturated carbocycles. The van der Waals surface area contributed by atoms with Gasteiger partial charge in [-0.1, -0.05) is 0 Å². The van der Waals surface area contributed by atoms with Crippen LogP contribution in [0.5, 0.6) is 0 Å². The molecule has 0 radical (unpaired) electrons. The number of hydrogen-bond acceptors (Lipinski definition) is 4. The lowest BCUT2D eigenvalue weighted by Gasteiger charge is -2.16. The fourth-order valence-corrected chi connectivity index (χ4v) is 4.41. The van der Waals surface area contributed by atoms with Gasteiger partial charge in [-0.05, 0) is 34.7 Å². The van der Waals surface area contributed by atoms with Crippen LogP contribution in [0.15, 0.2) is 16.8 Å². The van der Waals surface area contributed by atoms with E-state index in [2.05, 4.69) is 0 Å². The molecular weight excluding hydrogens is 218 g/mol. The molecule has 0 spiro atoms. The highest BCUT2D eigenvalue weighted by atomic mass is 32.2. The minimum atomic E-state index is -2.81. The summed E-state index contributed by atoms with van der Waals surface area (Å²) in [6.07, 6.45) is 0.708. The first-order chi connectivity index (χ1) is 6.58. The van der Waals surface area contributed by atoms with Crippen LogP contribution in [0.1, 0.15) is 18.0 Å². The lowest BCUT2D eigenvalue weighted by atomic mass is 9.95. The maximum Gasteiger partial charge on any atom is 0.150 e. The molecule has 14 heavy (non-hydrogen) atoms. The molecule has 2 N–H and O–H groups in total. The van der Waals surface area contributed by atoms with Gasteiger partial charge in [0.2, 0.25) is 0 Å². The van der Waals surface area contributed by atoms with Gasteiger partial charge in [0.1, 0.15) is 0 Å². The molecule has 2 rings (SSSR count). The summed E-state index contributed by atoms with van der Waals surface area (Å²) in [7, 11) is -2.81. The molecule has 1 aliphatic rings. The normalized spacial score (nSPS) is 27.6. The van der Waals surface area contributed by atoms with Gasteiger partial charge in [0.05, 0.1) is 11.5 Å². The summed E-state index contributed by atoms with van der Waals surface area (Å²) in [6, 6.07) is 1.86. The Morgan fingerprint density at radius 1 is 1.57 bits per heavy atom. The summed E-state index contributed by atoms with van der Waals surface area (Å²) in [4.78, 5) is 0. The molecule has 2 atom stereocenters. The van der Waals surface area contributed by atoms with Crippen LogP contribution in [0, 0.1) is 5.92 Å². The van der Waals surface area contributed by atoms with Gasteiger partial charge in [-0.3, -0.25) is 0 Å². The Morgan fingerprint density at radius 2 is 2.36 bits per heavy atom. The first kappa shape index (κ1) is 10.1. The van der Waals surface area contributed by atoms with Gasteiger partial charge in [0.15, 0.2) is 9.84 Å². The summed E-state index contributed by atoms with van der Waals surface area (Å²) in [6.45, 7) is 0. The van der Waals surface area contributed by atoms with Crippen molar-refractivity contribution in [3.05, 3.63) is 22.4 Å². The summed E-state index contributed by atoms with van der Waals surface area (Å²) in [5.41, 5.74) is 7.07. The molecule has 0 aliphatic carbocycles. The molecule has 0 aromatic carbocycles. The number of hydrogen-bond donors (Lipinski definition) is 1. The largest absolute Gasteiger partial charge is 0.324 e. The van der Waals surface area contributed by atoms with Crippen molar-refractivity contribution in [3.8, 4) is 0 Å². The fourth-order valence-electron chi connectivity index (χ4n) is 1.84. The zero-order valence-electron chi connectivity index (χ0n) is 7.72. The second-order valence-electron chi connectivity index (χ2n) is 3.75. The maximum atomic E-state index is 11.3. The Kier molecular flexibility index (Phi) is 2.64. The van der Waals surface area contributed by atoms with Crippen LogP contribution >= 0.6 is 11.3 Å². The number of thiophene rings is 1. The third-order valence-corrected chi connectivity index (χ3v) is 5.20. The van der Waals surface area contributed by atoms with Crippen molar-refractivity contribution in [2.75, 3.05) is 11.5 Å². The first-order valence-corrected chi connectivity index (χ1v) is 7.33. The van der Waals surface area contributed by atoms with E-state index in [0.29, 0.717) is 12.2 Å². The Labute approximate surface area is 87.9 Å². The van der Waals surface area contributed by atoms with Crippen molar-refractivity contribution in [1.82, 2.24) is 0 Å². The lowest BCUT2D eigenvalue weighted by molar-refractivity contribution is 0.481. The zero-order chi connectivity index (χ0) is 10.2. The van der Waals surface area contributed by atoms with Gasteiger partial charge in [0.25, 0.3) is 0 Å². The highest BCUT2D eigenvalue weighted by Crippen LogP contribution is 2.30. The maximum absolute atomic E-state index is 11.3. The predicted octanol–water partition coefficient (Wildman–Crippen LogP) is 1.18. The zero-order valence-corrected chi connectivity index (χ0v) is 9.35. The quantitative estimate of drug-likeness (QED) is 0.831. The highest BCUT2D eigenvalue weighted by Gasteiger charge is 2.32. The Morgan fingerprint density at radius 3 is 2.86 bits per heavy atom. The Bertz CT molecular complexity index is 396. The van der Waals surface area contributed by atoms with Crippen LogP contribution < -0.4 is 5.73 Å². The number of sulfone groups is 1. The average Bonchev–Trinajstić information content (AvgIpc) is 2.72. The smallest absolute Gasteiger partial charge is 0.150 e. The molecule has 3 nitrogen and oxygen atoms in total. The van der Waals surface area contributed by atoms with E-state index in [1.165, 1.54) is 0 Å². The van der Waals surface area contributed by atoms with Gasteiger partial charge < -0.3 is 5.73 Å². The van der Waals surface area contributed by atoms with Crippen molar-refractivity contribution in [2.45, 2.75) is 12.5 Å². The Hall–Kier alpha value is -0.390. The molecule has 1 aliphatic heterocycles. The SMILES string of the molecule is NC(c1ccsc1)C1CCS(=O)(=O)C1. The van der Waals surface area contributed by atoms with Gasteiger partial charge in [-0.15, -0.1) is 0 Å². The van der Waals surface area contributed by atoms with Gasteiger partial charge in [0, 0.05) is 6.04 Å². The monoisotopic (exact) mass is 231 g/mol. The molecule has 0 bridgehead atoms. The van der Waals surface area contributed by atoms with E-state index < -0.39 is 9.84 Å². The van der Waals surface area contributed by atoms with E-state index in [4.69, 9.17) is 5.73 Å². The molecule has 2 unspecified atom stereocenters. The molecule has 5 heteroatoms. The van der Waals surface area contributed by atoms with Gasteiger partial charge in [-0.2, -0.15) is 11.3 Å². The second-order valence-corrected chi connectivity index (χ2v) is 6.75. The standard InChI is InChI=1S/C9H13NO2S2/c10-9(7-1-3-13-5-7)8-2-4-14(11,12)6-8/h1,3,5,8-9H,2,4,6,10H2. The second kappa shape index (κ2) is 3.64. The summed E-state index contributed by atoms with van der Waals surface area (Å²) in [5.74, 6) is 0.661. The highest BCUT2D eigenvalue weighted by molar-refractivity contribution is 7.91. The van der Waals surface area contributed by atoms with Gasteiger partial charge in [-0.25, -0.2) is 8.42 Å². The third-order valence-electron chi connectivity index (χ3n) is 2.70. The molecule has 78 valence electrons. The van der Waals surface area contributed by atoms with E-state index in [-0.39, 0.29) is 17.7 Å². The van der Waals surface area contributed by atoms with Crippen LogP contribution in [0.2, 0.25) is 0 Å². The van der Waals surface area contributed by atoms with Crippen LogP contribution in [-0.2, 0) is 9.84 Å². The summed E-state index contributed by atoms with van der Waals surface area (Å²) in [5, 5.41) is 3.97. The van der Waals surface area contributed by atoms with Crippen LogP contribution in [0.25, 0.3) is 0 Å². The molecule has 2 heterocycles. The van der Waals surface area contributed by atoms with E-state index >= 15 is 0 Å². The predicted molar refractivity (Wildman–Crippen MR) is 58.0 cm³/mol. The van der Waals surface area contributed by atoms with Crippen LogP contribution in [0.4, 0.5) is 0 Å². The summed E-state index contributed by atoms with van der Waals surface area (Å²) >= 11 is 1.60. The summed E-state index contributed by atoms with van der Waals surface area (Å²) < 4.78 is 22.5. The third kappa shape index (κ3) is 1.99. The Balaban J connectivity index is 2.11. The minimum absolute atomic E-state index is 0.106. The van der Waals surface area contributed by atoms with Crippen molar-refractivity contribution >= 4 is 21.2 Å². The molecule has 1 saturated heterocycles. The van der Waals surface area contributed by atoms with E-state index in [9.17, 15) is 8.42 Å². The first-order valence-electron chi connectivity index (χ1n) is 4.56. The van der Waals surface area contributed by atoms with Crippen molar-refractivity contribution in [1.29, 1.82) is 0 Å². The molecule has 1 aromatic rings. The van der Waals surface area contributed by atoms with E-state index in [0.717, 1.165) is 5.56 Å². The molecule has 1 fully saturated rings. The van der Waals surface area contributed by atoms with E-state index in [1.807, 2.05) is 16.8 Å². The topological polar surface area (TPSA) is 60.2 Å². The molecule has 0 amide bonds. The fraction of sp³-hybridized carbons (Fsp3) is 0.556. The number of nitrogens with two attached hydrogens (primary N) is 1. The lowest BCUT2D eigenvalue weighted by Crippen LogP contribution is -2.21. The van der Waals surface area contributed by atoms with Crippen LogP contribution in [0.3, 0.4) is 0 Å². The van der Waals surface area contributed by atoms with Gasteiger partial charge >= 0.3 is 0 Å². The van der Waals surface area contributed by atoms with E-state index in [1.54, 1.807) is 11.3 Å². The average molecular weight is 231 g/mol. The van der Waals surface area contributed by atoms with Crippen molar-refractivity contribution < 1.29 is 8.42 Å².